The predicted octanol–water partition coefficient (Wildman–Crippen LogP) is 1.81. The number of nitrogens with zero attached hydrogens (tertiary/aromatic N) is 4. The van der Waals surface area contributed by atoms with E-state index in [1.807, 2.05) is 18.2 Å². The van der Waals surface area contributed by atoms with E-state index in [4.69, 9.17) is 9.47 Å². The molecular formula is C27H35N7O7. The maximum Gasteiger partial charge on any atom is 0.407 e. The minimum absolute atomic E-state index is 0.000590. The quantitative estimate of drug-likeness (QED) is 0.291. The van der Waals surface area contributed by atoms with E-state index in [9.17, 15) is 24.0 Å². The highest BCUT2D eigenvalue weighted by molar-refractivity contribution is 5.91. The number of alkyl carbamates (subject to hydrolysis) is 1. The molecule has 0 saturated carbocycles. The molecule has 0 fully saturated rings. The second-order valence-electron chi connectivity index (χ2n) is 10.5. The highest BCUT2D eigenvalue weighted by atomic mass is 16.6. The van der Waals surface area contributed by atoms with Gasteiger partial charge in [0.2, 0.25) is 17.8 Å². The molecule has 3 rings (SSSR count). The minimum atomic E-state index is -0.707. The summed E-state index contributed by atoms with van der Waals surface area (Å²) in [5.41, 5.74) is -0.475. The number of rotatable bonds is 11. The number of benzene rings is 1. The van der Waals surface area contributed by atoms with Crippen molar-refractivity contribution in [1.29, 1.82) is 0 Å². The van der Waals surface area contributed by atoms with Crippen LogP contribution in [0.25, 0.3) is 11.2 Å². The maximum atomic E-state index is 13.3. The molecule has 0 aliphatic carbocycles. The monoisotopic (exact) mass is 569 g/mol. The van der Waals surface area contributed by atoms with Crippen molar-refractivity contribution in [1.82, 2.24) is 29.7 Å². The van der Waals surface area contributed by atoms with Crippen LogP contribution in [0.1, 0.15) is 40.2 Å². The molecule has 3 amide bonds. The molecular weight excluding hydrogens is 534 g/mol. The first-order valence-electron chi connectivity index (χ1n) is 13.0. The van der Waals surface area contributed by atoms with Gasteiger partial charge in [-0.3, -0.25) is 29.5 Å². The van der Waals surface area contributed by atoms with Crippen LogP contribution in [0, 0.1) is 5.92 Å². The van der Waals surface area contributed by atoms with Gasteiger partial charge in [-0.05, 0) is 26.3 Å². The fourth-order valence-electron chi connectivity index (χ4n) is 3.47. The first-order valence-corrected chi connectivity index (χ1v) is 13.0. The third kappa shape index (κ3) is 9.44. The zero-order valence-electron chi connectivity index (χ0n) is 23.7. The summed E-state index contributed by atoms with van der Waals surface area (Å²) in [6.07, 6.45) is 0.598. The lowest BCUT2D eigenvalue weighted by Gasteiger charge is -2.23. The number of H-pyrrole nitrogens is 1. The normalized spacial score (nSPS) is 11.3. The molecule has 0 saturated heterocycles. The van der Waals surface area contributed by atoms with Crippen LogP contribution in [0.3, 0.4) is 0 Å². The number of nitrogens with one attached hydrogen (secondary N) is 3. The van der Waals surface area contributed by atoms with Crippen molar-refractivity contribution in [3.8, 4) is 0 Å². The molecule has 0 unspecified atom stereocenters. The van der Waals surface area contributed by atoms with Crippen LogP contribution in [-0.2, 0) is 37.0 Å². The Bertz CT molecular complexity index is 1440. The van der Waals surface area contributed by atoms with Crippen LogP contribution in [-0.4, -0.2) is 73.5 Å². The standard InChI is InChI=1S/C27H35N7O7/c1-17(2)23(37)31-25-30-22-21(24(38)32-25)29-16-34(22)13-19(35)33(12-11-28-26(39)41-27(3,4)5)14-20(36)40-15-18-9-7-6-8-10-18/h6-10,16-17H,11-15H2,1-5H3,(H,28,39)(H2,30,31,32,37,38). The Labute approximate surface area is 236 Å². The minimum Gasteiger partial charge on any atom is -0.459 e. The number of fused-ring (bicyclic) bond motifs is 1. The number of esters is 1. The van der Waals surface area contributed by atoms with Gasteiger partial charge in [-0.15, -0.1) is 0 Å². The van der Waals surface area contributed by atoms with Crippen molar-refractivity contribution >= 4 is 41.0 Å². The highest BCUT2D eigenvalue weighted by Crippen LogP contribution is 2.11. The molecule has 0 atom stereocenters. The smallest absolute Gasteiger partial charge is 0.407 e. The molecule has 0 bridgehead atoms. The van der Waals surface area contributed by atoms with Crippen molar-refractivity contribution < 1.29 is 28.7 Å². The topological polar surface area (TPSA) is 178 Å². The van der Waals surface area contributed by atoms with Crippen LogP contribution in [0.4, 0.5) is 10.7 Å². The number of hydrogen-bond donors (Lipinski definition) is 3. The van der Waals surface area contributed by atoms with E-state index in [0.29, 0.717) is 0 Å². The Balaban J connectivity index is 1.75. The average molecular weight is 570 g/mol. The van der Waals surface area contributed by atoms with E-state index in [-0.39, 0.29) is 55.2 Å². The van der Waals surface area contributed by atoms with E-state index in [2.05, 4.69) is 25.6 Å². The van der Waals surface area contributed by atoms with E-state index in [1.54, 1.807) is 46.8 Å². The van der Waals surface area contributed by atoms with Crippen LogP contribution < -0.4 is 16.2 Å². The van der Waals surface area contributed by atoms with Gasteiger partial charge in [0, 0.05) is 19.0 Å². The molecule has 14 heteroatoms. The zero-order valence-corrected chi connectivity index (χ0v) is 23.7. The van der Waals surface area contributed by atoms with E-state index < -0.39 is 35.7 Å². The van der Waals surface area contributed by atoms with E-state index in [0.717, 1.165) is 5.56 Å². The van der Waals surface area contributed by atoms with Crippen molar-refractivity contribution in [3.63, 3.8) is 0 Å². The summed E-state index contributed by atoms with van der Waals surface area (Å²) in [5, 5.41) is 5.08. The third-order valence-corrected chi connectivity index (χ3v) is 5.51. The zero-order chi connectivity index (χ0) is 30.2. The van der Waals surface area contributed by atoms with Crippen LogP contribution >= 0.6 is 0 Å². The number of carbonyl (C=O) groups excluding carboxylic acids is 4. The van der Waals surface area contributed by atoms with Gasteiger partial charge in [-0.1, -0.05) is 44.2 Å². The highest BCUT2D eigenvalue weighted by Gasteiger charge is 2.22. The lowest BCUT2D eigenvalue weighted by Crippen LogP contribution is -2.44. The SMILES string of the molecule is CC(C)C(=O)Nc1nc2c(ncn2CC(=O)N(CCNC(=O)OC(C)(C)C)CC(=O)OCc2ccccc2)c(=O)[nH]1. The average Bonchev–Trinajstić information content (AvgIpc) is 3.29. The predicted molar refractivity (Wildman–Crippen MR) is 149 cm³/mol. The van der Waals surface area contributed by atoms with Gasteiger partial charge in [0.25, 0.3) is 5.56 Å². The maximum absolute atomic E-state index is 13.3. The Morgan fingerprint density at radius 3 is 2.49 bits per heavy atom. The lowest BCUT2D eigenvalue weighted by atomic mass is 10.2. The molecule has 3 aromatic rings. The molecule has 0 aliphatic heterocycles. The van der Waals surface area contributed by atoms with E-state index >= 15 is 0 Å². The number of carbonyl (C=O) groups is 4. The second-order valence-corrected chi connectivity index (χ2v) is 10.5. The van der Waals surface area contributed by atoms with Crippen LogP contribution in [0.2, 0.25) is 0 Å². The Morgan fingerprint density at radius 1 is 1.12 bits per heavy atom. The van der Waals surface area contributed by atoms with Gasteiger partial charge in [0.1, 0.15) is 25.3 Å². The van der Waals surface area contributed by atoms with Crippen molar-refractivity contribution in [2.45, 2.75) is 53.4 Å². The third-order valence-electron chi connectivity index (χ3n) is 5.51. The Kier molecular flexibility index (Phi) is 10.2. The number of aromatic amines is 1. The number of ether oxygens (including phenoxy) is 2. The van der Waals surface area contributed by atoms with Crippen molar-refractivity contribution in [2.24, 2.45) is 5.92 Å². The number of anilines is 1. The Morgan fingerprint density at radius 2 is 1.83 bits per heavy atom. The molecule has 3 N–H and O–H groups in total. The summed E-state index contributed by atoms with van der Waals surface area (Å²) in [5.74, 6) is -1.97. The summed E-state index contributed by atoms with van der Waals surface area (Å²) in [6.45, 7) is 7.81. The molecule has 0 radical (unpaired) electrons. The number of hydrogen-bond acceptors (Lipinski definition) is 9. The molecule has 220 valence electrons. The van der Waals surface area contributed by atoms with Gasteiger partial charge in [0.15, 0.2) is 11.2 Å². The Hall–Kier alpha value is -4.75. The fourth-order valence-corrected chi connectivity index (χ4v) is 3.47. The molecule has 0 aliphatic rings. The summed E-state index contributed by atoms with van der Waals surface area (Å²) in [6, 6.07) is 9.08. The molecule has 0 spiro atoms. The van der Waals surface area contributed by atoms with Gasteiger partial charge < -0.3 is 24.3 Å². The first kappa shape index (κ1) is 30.8. The number of aromatic nitrogens is 4. The summed E-state index contributed by atoms with van der Waals surface area (Å²) >= 11 is 0. The molecule has 41 heavy (non-hydrogen) atoms. The number of amides is 3. The van der Waals surface area contributed by atoms with E-state index in [1.165, 1.54) is 15.8 Å². The van der Waals surface area contributed by atoms with Crippen LogP contribution in [0.5, 0.6) is 0 Å². The van der Waals surface area contributed by atoms with Crippen molar-refractivity contribution in [2.75, 3.05) is 25.0 Å². The molecule has 2 heterocycles. The van der Waals surface area contributed by atoms with Crippen LogP contribution in [0.15, 0.2) is 41.5 Å². The van der Waals surface area contributed by atoms with Gasteiger partial charge >= 0.3 is 12.1 Å². The molecule has 2 aromatic heterocycles. The fraction of sp³-hybridized carbons (Fsp3) is 0.444. The van der Waals surface area contributed by atoms with Crippen molar-refractivity contribution in [3.05, 3.63) is 52.6 Å². The first-order chi connectivity index (χ1) is 19.3. The summed E-state index contributed by atoms with van der Waals surface area (Å²) in [7, 11) is 0. The molecule has 1 aromatic carbocycles. The number of imidazole rings is 1. The molecule has 14 nitrogen and oxygen atoms in total. The van der Waals surface area contributed by atoms with Gasteiger partial charge in [-0.25, -0.2) is 9.78 Å². The second kappa shape index (κ2) is 13.5. The largest absolute Gasteiger partial charge is 0.459 e. The lowest BCUT2D eigenvalue weighted by molar-refractivity contribution is -0.150. The van der Waals surface area contributed by atoms with Gasteiger partial charge in [0.05, 0.1) is 6.33 Å². The summed E-state index contributed by atoms with van der Waals surface area (Å²) < 4.78 is 11.9. The summed E-state index contributed by atoms with van der Waals surface area (Å²) in [4.78, 5) is 74.6. The van der Waals surface area contributed by atoms with Gasteiger partial charge in [-0.2, -0.15) is 4.98 Å².